The molecule has 0 bridgehead atoms. The van der Waals surface area contributed by atoms with Crippen LogP contribution in [0.25, 0.3) is 0 Å². The van der Waals surface area contributed by atoms with Crippen molar-refractivity contribution in [3.05, 3.63) is 90.5 Å². The van der Waals surface area contributed by atoms with E-state index in [9.17, 15) is 44.8 Å². The Labute approximate surface area is 295 Å². The van der Waals surface area contributed by atoms with Gasteiger partial charge in [0.05, 0.1) is 47.2 Å². The molecule has 0 aliphatic carbocycles. The van der Waals surface area contributed by atoms with Gasteiger partial charge in [-0.05, 0) is 48.7 Å². The molecule has 17 nitrogen and oxygen atoms in total. The van der Waals surface area contributed by atoms with Gasteiger partial charge in [-0.1, -0.05) is 6.92 Å². The van der Waals surface area contributed by atoms with Gasteiger partial charge < -0.3 is 34.1 Å². The normalized spacial score (nSPS) is 27.6. The Morgan fingerprint density at radius 3 is 2.14 bits per heavy atom. The first-order valence-corrected chi connectivity index (χ1v) is 17.1. The van der Waals surface area contributed by atoms with Crippen LogP contribution in [0, 0.1) is 32.1 Å². The summed E-state index contributed by atoms with van der Waals surface area (Å²) in [5.74, 6) is -2.28. The standard InChI is InChI=1S/C33H36N4O13S/c1-17-27-26(18(2)39)30(40)35(27)28(31(41)47-14-19-3-7-21(8-4-19)36(43)44)29(17)51-24-11-25(32-48-16-23(13-38)50-32)34(12-24)33(42)49-15-20-5-9-22(10-6-20)37(45)46/h3-10,17-18,23-27,32,38-39H,11-16H2,1-2H3/t17-,18-,23?,24+,25+,26-,27-,32?/m1/s1. The number of benzene rings is 2. The molecule has 4 aliphatic rings. The van der Waals surface area contributed by atoms with Crippen molar-refractivity contribution >= 4 is 41.1 Å². The summed E-state index contributed by atoms with van der Waals surface area (Å²) in [6, 6.07) is 10.00. The van der Waals surface area contributed by atoms with Crippen molar-refractivity contribution in [1.29, 1.82) is 0 Å². The summed E-state index contributed by atoms with van der Waals surface area (Å²) < 4.78 is 22.9. The fraction of sp³-hybridized carbons (Fsp3) is 0.485. The number of ether oxygens (including phenoxy) is 4. The fourth-order valence-electron chi connectivity index (χ4n) is 6.87. The van der Waals surface area contributed by atoms with Crippen molar-refractivity contribution in [3.63, 3.8) is 0 Å². The molecule has 4 aliphatic heterocycles. The summed E-state index contributed by atoms with van der Waals surface area (Å²) in [5, 5.41) is 41.7. The SMILES string of the molecule is C[C@@H](O)[C@H]1C(=O)N2C(C(=O)OCc3ccc([N+](=O)[O-])cc3)=C(S[C@H]3C[C@@H](C4OCC(CO)O4)N(C(=O)OCc4ccc([N+](=O)[O-])cc4)C3)[C@H](C)[C@H]12. The van der Waals surface area contributed by atoms with E-state index >= 15 is 0 Å². The Morgan fingerprint density at radius 2 is 1.61 bits per heavy atom. The highest BCUT2D eigenvalue weighted by molar-refractivity contribution is 8.03. The highest BCUT2D eigenvalue weighted by Crippen LogP contribution is 2.52. The Balaban J connectivity index is 1.21. The first-order valence-electron chi connectivity index (χ1n) is 16.2. The summed E-state index contributed by atoms with van der Waals surface area (Å²) in [6.45, 7) is 2.99. The van der Waals surface area contributed by atoms with Gasteiger partial charge in [-0.2, -0.15) is 0 Å². The quantitative estimate of drug-likeness (QED) is 0.139. The molecular weight excluding hydrogens is 692 g/mol. The van der Waals surface area contributed by atoms with Crippen molar-refractivity contribution < 1.29 is 53.4 Å². The lowest BCUT2D eigenvalue weighted by Gasteiger charge is -2.46. The molecule has 0 radical (unpaired) electrons. The molecule has 6 rings (SSSR count). The van der Waals surface area contributed by atoms with Crippen molar-refractivity contribution in [1.82, 2.24) is 9.80 Å². The number of fused-ring (bicyclic) bond motifs is 1. The minimum Gasteiger partial charge on any atom is -0.456 e. The van der Waals surface area contributed by atoms with Crippen LogP contribution in [0.4, 0.5) is 16.2 Å². The van der Waals surface area contributed by atoms with Crippen LogP contribution >= 0.6 is 11.8 Å². The first kappa shape index (κ1) is 36.2. The number of aliphatic hydroxyl groups excluding tert-OH is 2. The van der Waals surface area contributed by atoms with Crippen molar-refractivity contribution in [3.8, 4) is 0 Å². The van der Waals surface area contributed by atoms with Crippen LogP contribution in [0.15, 0.2) is 59.1 Å². The van der Waals surface area contributed by atoms with E-state index in [2.05, 4.69) is 0 Å². The van der Waals surface area contributed by atoms with Gasteiger partial charge in [0.2, 0.25) is 5.91 Å². The average molecular weight is 729 g/mol. The zero-order valence-corrected chi connectivity index (χ0v) is 28.4. The number of esters is 1. The topological polar surface area (TPSA) is 221 Å². The van der Waals surface area contributed by atoms with Gasteiger partial charge in [-0.25, -0.2) is 9.59 Å². The lowest BCUT2D eigenvalue weighted by Crippen LogP contribution is -2.63. The molecule has 2 amide bonds. The van der Waals surface area contributed by atoms with Gasteiger partial charge in [-0.15, -0.1) is 11.8 Å². The van der Waals surface area contributed by atoms with Crippen molar-refractivity contribution in [2.45, 2.75) is 69.3 Å². The number of β-lactam (4-membered cyclic amide) rings is 1. The van der Waals surface area contributed by atoms with Crippen LogP contribution in [0.3, 0.4) is 0 Å². The summed E-state index contributed by atoms with van der Waals surface area (Å²) in [7, 11) is 0. The number of hydrogen-bond donors (Lipinski definition) is 2. The molecule has 3 saturated heterocycles. The number of nitro groups is 2. The summed E-state index contributed by atoms with van der Waals surface area (Å²) in [5.41, 5.74) is 0.865. The molecule has 272 valence electrons. The van der Waals surface area contributed by atoms with Crippen LogP contribution in [0.5, 0.6) is 0 Å². The van der Waals surface area contributed by atoms with E-state index in [4.69, 9.17) is 18.9 Å². The maximum Gasteiger partial charge on any atom is 0.410 e. The number of carbonyl (C=O) groups excluding carboxylic acids is 3. The number of thioether (sulfide) groups is 1. The van der Waals surface area contributed by atoms with Crippen LogP contribution in [0.2, 0.25) is 0 Å². The molecule has 0 spiro atoms. The molecule has 3 fully saturated rings. The third-order valence-corrected chi connectivity index (χ3v) is 10.9. The van der Waals surface area contributed by atoms with E-state index in [1.165, 1.54) is 77.0 Å². The number of nitrogens with zero attached hydrogens (tertiary/aromatic N) is 4. The first-order chi connectivity index (χ1) is 24.4. The molecule has 2 unspecified atom stereocenters. The largest absolute Gasteiger partial charge is 0.456 e. The van der Waals surface area contributed by atoms with Crippen LogP contribution in [-0.4, -0.2) is 103 Å². The van der Waals surface area contributed by atoms with E-state index in [0.717, 1.165) is 0 Å². The number of carbonyl (C=O) groups is 3. The van der Waals surface area contributed by atoms with E-state index < -0.39 is 64.3 Å². The predicted octanol–water partition coefficient (Wildman–Crippen LogP) is 2.86. The minimum atomic E-state index is -0.962. The molecule has 2 aromatic rings. The predicted molar refractivity (Wildman–Crippen MR) is 176 cm³/mol. The van der Waals surface area contributed by atoms with E-state index in [1.807, 2.05) is 6.92 Å². The molecule has 8 atom stereocenters. The molecule has 4 heterocycles. The Hall–Kier alpha value is -4.62. The number of hydrogen-bond acceptors (Lipinski definition) is 14. The molecule has 51 heavy (non-hydrogen) atoms. The van der Waals surface area contributed by atoms with Gasteiger partial charge in [-0.3, -0.25) is 29.9 Å². The second-order valence-electron chi connectivity index (χ2n) is 12.8. The Morgan fingerprint density at radius 1 is 1.02 bits per heavy atom. The third-order valence-electron chi connectivity index (χ3n) is 9.45. The Kier molecular flexibility index (Phi) is 10.6. The molecule has 2 N–H and O–H groups in total. The summed E-state index contributed by atoms with van der Waals surface area (Å²) >= 11 is 1.31. The smallest absolute Gasteiger partial charge is 0.410 e. The zero-order valence-electron chi connectivity index (χ0n) is 27.6. The van der Waals surface area contributed by atoms with E-state index in [0.29, 0.717) is 22.5 Å². The fourth-order valence-corrected chi connectivity index (χ4v) is 8.40. The highest BCUT2D eigenvalue weighted by Gasteiger charge is 2.61. The van der Waals surface area contributed by atoms with Gasteiger partial charge in [0.25, 0.3) is 11.4 Å². The second kappa shape index (κ2) is 14.9. The maximum absolute atomic E-state index is 13.7. The number of rotatable bonds is 12. The number of aliphatic hydroxyl groups is 2. The summed E-state index contributed by atoms with van der Waals surface area (Å²) in [6.07, 6.45) is -2.77. The second-order valence-corrected chi connectivity index (χ2v) is 14.1. The van der Waals surface area contributed by atoms with Crippen molar-refractivity contribution in [2.24, 2.45) is 11.8 Å². The lowest BCUT2D eigenvalue weighted by molar-refractivity contribution is -0.385. The van der Waals surface area contributed by atoms with Crippen molar-refractivity contribution in [2.75, 3.05) is 19.8 Å². The summed E-state index contributed by atoms with van der Waals surface area (Å²) in [4.78, 5) is 64.8. The van der Waals surface area contributed by atoms with Gasteiger partial charge >= 0.3 is 12.1 Å². The number of nitro benzene ring substituents is 2. The lowest BCUT2D eigenvalue weighted by atomic mass is 9.79. The van der Waals surface area contributed by atoms with Gasteiger partial charge in [0.1, 0.15) is 25.0 Å². The maximum atomic E-state index is 13.7. The van der Waals surface area contributed by atoms with Crippen LogP contribution in [0.1, 0.15) is 31.4 Å². The number of amides is 2. The minimum absolute atomic E-state index is 0.0470. The monoisotopic (exact) mass is 728 g/mol. The number of non-ortho nitro benzene ring substituents is 2. The van der Waals surface area contributed by atoms with Gasteiger partial charge in [0.15, 0.2) is 6.29 Å². The van der Waals surface area contributed by atoms with Crippen LogP contribution < -0.4 is 0 Å². The molecule has 0 saturated carbocycles. The average Bonchev–Trinajstić information content (AvgIpc) is 3.82. The van der Waals surface area contributed by atoms with E-state index in [-0.39, 0.29) is 61.2 Å². The molecular formula is C33H36N4O13S. The van der Waals surface area contributed by atoms with E-state index in [1.54, 1.807) is 0 Å². The van der Waals surface area contributed by atoms with Crippen LogP contribution in [-0.2, 0) is 41.8 Å². The molecule has 18 heteroatoms. The molecule has 0 aromatic heterocycles. The molecule has 2 aromatic carbocycles. The van der Waals surface area contributed by atoms with Gasteiger partial charge in [0, 0.05) is 46.9 Å². The Bertz CT molecular complexity index is 1720. The third kappa shape index (κ3) is 7.27. The zero-order chi connectivity index (χ0) is 36.6. The number of likely N-dealkylation sites (tertiary alicyclic amines) is 1. The highest BCUT2D eigenvalue weighted by atomic mass is 32.2.